The minimum atomic E-state index is -0.213. The second-order valence-corrected chi connectivity index (χ2v) is 5.98. The Bertz CT molecular complexity index is 418. The van der Waals surface area contributed by atoms with Gasteiger partial charge in [-0.3, -0.25) is 4.79 Å². The molecule has 0 spiro atoms. The number of hydrogen-bond acceptors (Lipinski definition) is 2. The van der Waals surface area contributed by atoms with Crippen molar-refractivity contribution in [3.05, 3.63) is 35.9 Å². The van der Waals surface area contributed by atoms with Crippen LogP contribution in [0.1, 0.15) is 57.1 Å². The van der Waals surface area contributed by atoms with Crippen LogP contribution in [0, 0.1) is 5.92 Å². The van der Waals surface area contributed by atoms with Crippen molar-refractivity contribution in [2.75, 3.05) is 0 Å². The van der Waals surface area contributed by atoms with Crippen LogP contribution in [0.15, 0.2) is 30.3 Å². The number of carbonyl (C=O) groups is 1. The average molecular weight is 311 g/mol. The van der Waals surface area contributed by atoms with Crippen molar-refractivity contribution in [2.45, 2.75) is 57.5 Å². The number of rotatable bonds is 5. The van der Waals surface area contributed by atoms with E-state index in [1.54, 1.807) is 0 Å². The highest BCUT2D eigenvalue weighted by Crippen LogP contribution is 2.26. The molecular weight excluding hydrogens is 284 g/mol. The van der Waals surface area contributed by atoms with Crippen LogP contribution in [-0.4, -0.2) is 11.9 Å². The Kier molecular flexibility index (Phi) is 7.76. The smallest absolute Gasteiger partial charge is 0.222 e. The van der Waals surface area contributed by atoms with Gasteiger partial charge in [-0.25, -0.2) is 0 Å². The molecule has 0 radical (unpaired) electrons. The van der Waals surface area contributed by atoms with E-state index in [2.05, 4.69) is 12.2 Å². The molecule has 0 aliphatic heterocycles. The molecule has 118 valence electrons. The second kappa shape index (κ2) is 9.06. The van der Waals surface area contributed by atoms with Crippen LogP contribution < -0.4 is 11.1 Å². The Morgan fingerprint density at radius 2 is 1.86 bits per heavy atom. The Hall–Kier alpha value is -1.06. The summed E-state index contributed by atoms with van der Waals surface area (Å²) in [4.78, 5) is 12.1. The summed E-state index contributed by atoms with van der Waals surface area (Å²) in [6.45, 7) is 2.13. The van der Waals surface area contributed by atoms with Crippen LogP contribution in [0.5, 0.6) is 0 Å². The van der Waals surface area contributed by atoms with Crippen molar-refractivity contribution >= 4 is 18.3 Å². The van der Waals surface area contributed by atoms with Crippen LogP contribution in [0.2, 0.25) is 0 Å². The fourth-order valence-corrected chi connectivity index (χ4v) is 3.08. The topological polar surface area (TPSA) is 55.1 Å². The van der Waals surface area contributed by atoms with E-state index in [0.29, 0.717) is 12.3 Å². The van der Waals surface area contributed by atoms with Crippen molar-refractivity contribution < 1.29 is 4.79 Å². The van der Waals surface area contributed by atoms with Gasteiger partial charge in [0.2, 0.25) is 5.91 Å². The number of benzene rings is 1. The molecule has 0 heterocycles. The lowest BCUT2D eigenvalue weighted by Gasteiger charge is -2.28. The van der Waals surface area contributed by atoms with Crippen molar-refractivity contribution in [1.82, 2.24) is 5.32 Å². The van der Waals surface area contributed by atoms with Crippen LogP contribution in [-0.2, 0) is 4.79 Å². The van der Waals surface area contributed by atoms with Crippen molar-refractivity contribution in [1.29, 1.82) is 0 Å². The van der Waals surface area contributed by atoms with Gasteiger partial charge in [0.05, 0.1) is 0 Å². The van der Waals surface area contributed by atoms with Gasteiger partial charge in [-0.2, -0.15) is 0 Å². The molecule has 0 saturated heterocycles. The van der Waals surface area contributed by atoms with Crippen molar-refractivity contribution in [3.63, 3.8) is 0 Å². The molecule has 2 atom stereocenters. The highest BCUT2D eigenvalue weighted by Gasteiger charge is 2.22. The molecule has 1 aliphatic carbocycles. The minimum absolute atomic E-state index is 0. The monoisotopic (exact) mass is 310 g/mol. The fraction of sp³-hybridized carbons (Fsp3) is 0.588. The molecule has 3 nitrogen and oxygen atoms in total. The van der Waals surface area contributed by atoms with Gasteiger partial charge in [0.25, 0.3) is 0 Å². The molecule has 4 heteroatoms. The zero-order valence-electron chi connectivity index (χ0n) is 12.8. The molecule has 0 aromatic heterocycles. The third-order valence-electron chi connectivity index (χ3n) is 4.38. The number of amides is 1. The summed E-state index contributed by atoms with van der Waals surface area (Å²) in [6.07, 6.45) is 6.79. The van der Waals surface area contributed by atoms with E-state index in [4.69, 9.17) is 5.73 Å². The fourth-order valence-electron chi connectivity index (χ4n) is 3.08. The first kappa shape index (κ1) is 18.0. The van der Waals surface area contributed by atoms with Crippen LogP contribution >= 0.6 is 12.4 Å². The molecule has 1 fully saturated rings. The highest BCUT2D eigenvalue weighted by molar-refractivity contribution is 5.85. The van der Waals surface area contributed by atoms with Gasteiger partial charge >= 0.3 is 0 Å². The third kappa shape index (κ3) is 5.68. The Labute approximate surface area is 134 Å². The first-order valence-corrected chi connectivity index (χ1v) is 7.76. The molecule has 3 N–H and O–H groups in total. The first-order valence-electron chi connectivity index (χ1n) is 7.76. The van der Waals surface area contributed by atoms with Gasteiger partial charge in [-0.15, -0.1) is 12.4 Å². The maximum absolute atomic E-state index is 12.1. The summed E-state index contributed by atoms with van der Waals surface area (Å²) in [5.41, 5.74) is 7.11. The molecule has 21 heavy (non-hydrogen) atoms. The zero-order chi connectivity index (χ0) is 14.4. The standard InChI is InChI=1S/C17H26N2O.ClH/c1-13(14-8-4-2-5-9-14)19-17(20)12-16(18)15-10-6-3-7-11-15;/h3,6-7,10-11,13-14,16H,2,4-5,8-9,12,18H2,1H3,(H,19,20);1H. The Morgan fingerprint density at radius 3 is 2.48 bits per heavy atom. The third-order valence-corrected chi connectivity index (χ3v) is 4.38. The zero-order valence-corrected chi connectivity index (χ0v) is 13.6. The number of nitrogens with two attached hydrogens (primary N) is 1. The summed E-state index contributed by atoms with van der Waals surface area (Å²) in [5.74, 6) is 0.708. The lowest BCUT2D eigenvalue weighted by molar-refractivity contribution is -0.122. The van der Waals surface area contributed by atoms with Crippen LogP contribution in [0.4, 0.5) is 0 Å². The summed E-state index contributed by atoms with van der Waals surface area (Å²) < 4.78 is 0. The quantitative estimate of drug-likeness (QED) is 0.873. The Morgan fingerprint density at radius 1 is 1.24 bits per heavy atom. The minimum Gasteiger partial charge on any atom is -0.353 e. The van der Waals surface area contributed by atoms with Gasteiger partial charge in [-0.05, 0) is 31.2 Å². The summed E-state index contributed by atoms with van der Waals surface area (Å²) in [6, 6.07) is 9.88. The molecule has 1 aromatic rings. The first-order chi connectivity index (χ1) is 9.66. The summed E-state index contributed by atoms with van der Waals surface area (Å²) >= 11 is 0. The highest BCUT2D eigenvalue weighted by atomic mass is 35.5. The lowest BCUT2D eigenvalue weighted by Crippen LogP contribution is -2.39. The number of carbonyl (C=O) groups excluding carboxylic acids is 1. The molecule has 0 bridgehead atoms. The largest absolute Gasteiger partial charge is 0.353 e. The summed E-state index contributed by atoms with van der Waals surface area (Å²) in [7, 11) is 0. The van der Waals surface area contributed by atoms with Gasteiger partial charge in [0.1, 0.15) is 0 Å². The molecule has 1 aliphatic rings. The molecule has 2 unspecified atom stereocenters. The molecule has 1 saturated carbocycles. The molecule has 1 amide bonds. The Balaban J connectivity index is 0.00000220. The van der Waals surface area contributed by atoms with Crippen molar-refractivity contribution in [3.8, 4) is 0 Å². The number of hydrogen-bond donors (Lipinski definition) is 2. The van der Waals surface area contributed by atoms with Gasteiger partial charge in [-0.1, -0.05) is 49.6 Å². The maximum Gasteiger partial charge on any atom is 0.222 e. The van der Waals surface area contributed by atoms with E-state index in [0.717, 1.165) is 5.56 Å². The number of nitrogens with one attached hydrogen (secondary N) is 1. The van der Waals surface area contributed by atoms with E-state index in [9.17, 15) is 4.79 Å². The van der Waals surface area contributed by atoms with E-state index in [1.807, 2.05) is 30.3 Å². The van der Waals surface area contributed by atoms with E-state index < -0.39 is 0 Å². The van der Waals surface area contributed by atoms with E-state index >= 15 is 0 Å². The lowest BCUT2D eigenvalue weighted by atomic mass is 9.84. The van der Waals surface area contributed by atoms with Gasteiger partial charge in [0.15, 0.2) is 0 Å². The van der Waals surface area contributed by atoms with Crippen LogP contribution in [0.3, 0.4) is 0 Å². The summed E-state index contributed by atoms with van der Waals surface area (Å²) in [5, 5.41) is 3.13. The second-order valence-electron chi connectivity index (χ2n) is 5.98. The van der Waals surface area contributed by atoms with Crippen LogP contribution in [0.25, 0.3) is 0 Å². The number of halogens is 1. The molecule has 1 aromatic carbocycles. The van der Waals surface area contributed by atoms with E-state index in [-0.39, 0.29) is 30.4 Å². The molecule has 2 rings (SSSR count). The van der Waals surface area contributed by atoms with E-state index in [1.165, 1.54) is 32.1 Å². The van der Waals surface area contributed by atoms with Gasteiger partial charge < -0.3 is 11.1 Å². The SMILES string of the molecule is CC(NC(=O)CC(N)c1ccccc1)C1CCCCC1.Cl. The predicted molar refractivity (Wildman–Crippen MR) is 89.4 cm³/mol. The maximum atomic E-state index is 12.1. The van der Waals surface area contributed by atoms with Crippen molar-refractivity contribution in [2.24, 2.45) is 11.7 Å². The molecular formula is C17H27ClN2O. The predicted octanol–water partition coefficient (Wildman–Crippen LogP) is 3.58. The average Bonchev–Trinajstić information content (AvgIpc) is 2.49. The normalized spacial score (nSPS) is 18.4. The van der Waals surface area contributed by atoms with Gasteiger partial charge in [0, 0.05) is 18.5 Å².